The smallest absolute Gasteiger partial charge is 0.232 e. The Labute approximate surface area is 149 Å². The zero-order chi connectivity index (χ0) is 18.3. The largest absolute Gasteiger partial charge is 0.450 e. The van der Waals surface area contributed by atoms with Crippen LogP contribution in [-0.4, -0.2) is 10.8 Å². The molecule has 0 atom stereocenters. The summed E-state index contributed by atoms with van der Waals surface area (Å²) in [5, 5.41) is 0.648. The molecule has 0 aliphatic carbocycles. The van der Waals surface area contributed by atoms with Gasteiger partial charge in [0.2, 0.25) is 5.78 Å². The van der Waals surface area contributed by atoms with Gasteiger partial charge in [-0.2, -0.15) is 0 Å². The molecule has 0 unspecified atom stereocenters. The summed E-state index contributed by atoms with van der Waals surface area (Å²) in [5.41, 5.74) is 9.66. The van der Waals surface area contributed by atoms with E-state index < -0.39 is 0 Å². The molecule has 5 heteroatoms. The van der Waals surface area contributed by atoms with Crippen molar-refractivity contribution in [3.63, 3.8) is 0 Å². The number of furan rings is 1. The highest BCUT2D eigenvalue weighted by atomic mass is 19.1. The van der Waals surface area contributed by atoms with Gasteiger partial charge in [-0.15, -0.1) is 0 Å². The van der Waals surface area contributed by atoms with E-state index in [-0.39, 0.29) is 17.4 Å². The van der Waals surface area contributed by atoms with Crippen LogP contribution in [-0.2, 0) is 0 Å². The van der Waals surface area contributed by atoms with Crippen molar-refractivity contribution in [3.8, 4) is 11.1 Å². The van der Waals surface area contributed by atoms with Crippen molar-refractivity contribution in [3.05, 3.63) is 83.6 Å². The van der Waals surface area contributed by atoms with Gasteiger partial charge in [0, 0.05) is 23.3 Å². The van der Waals surface area contributed by atoms with E-state index >= 15 is 0 Å². The zero-order valence-corrected chi connectivity index (χ0v) is 14.0. The number of halogens is 1. The molecule has 26 heavy (non-hydrogen) atoms. The van der Waals surface area contributed by atoms with Crippen molar-refractivity contribution in [2.45, 2.75) is 6.92 Å². The fourth-order valence-electron chi connectivity index (χ4n) is 2.96. The van der Waals surface area contributed by atoms with Gasteiger partial charge in [-0.05, 0) is 53.9 Å². The van der Waals surface area contributed by atoms with E-state index in [9.17, 15) is 9.18 Å². The summed E-state index contributed by atoms with van der Waals surface area (Å²) in [6.07, 6.45) is 3.13. The lowest BCUT2D eigenvalue weighted by atomic mass is 10.0. The first-order valence-electron chi connectivity index (χ1n) is 8.08. The van der Waals surface area contributed by atoms with Crippen LogP contribution in [0.4, 0.5) is 10.1 Å². The Hall–Kier alpha value is -3.47. The number of pyridine rings is 1. The van der Waals surface area contributed by atoms with Crippen LogP contribution in [0.25, 0.3) is 22.1 Å². The first-order valence-corrected chi connectivity index (χ1v) is 8.08. The van der Waals surface area contributed by atoms with Crippen molar-refractivity contribution in [1.29, 1.82) is 0 Å². The highest BCUT2D eigenvalue weighted by Gasteiger charge is 2.21. The maximum Gasteiger partial charge on any atom is 0.232 e. The van der Waals surface area contributed by atoms with Gasteiger partial charge in [0.15, 0.2) is 5.76 Å². The Bertz CT molecular complexity index is 1150. The number of benzene rings is 2. The molecule has 0 saturated carbocycles. The van der Waals surface area contributed by atoms with Crippen LogP contribution in [0.5, 0.6) is 0 Å². The number of nitrogens with zero attached hydrogens (tertiary/aromatic N) is 1. The van der Waals surface area contributed by atoms with E-state index in [0.29, 0.717) is 22.2 Å². The topological polar surface area (TPSA) is 69.1 Å². The number of carbonyl (C=O) groups excluding carboxylic acids is 1. The Balaban J connectivity index is 1.82. The van der Waals surface area contributed by atoms with Crippen LogP contribution in [0.15, 0.2) is 65.3 Å². The Morgan fingerprint density at radius 2 is 1.92 bits per heavy atom. The normalized spacial score (nSPS) is 11.0. The Morgan fingerprint density at radius 1 is 1.12 bits per heavy atom. The number of nitrogen functional groups attached to an aromatic ring is 1. The van der Waals surface area contributed by atoms with Crippen LogP contribution >= 0.6 is 0 Å². The summed E-state index contributed by atoms with van der Waals surface area (Å²) in [4.78, 5) is 16.8. The maximum atomic E-state index is 13.5. The lowest BCUT2D eigenvalue weighted by Gasteiger charge is -2.01. The van der Waals surface area contributed by atoms with E-state index in [1.165, 1.54) is 18.3 Å². The first-order chi connectivity index (χ1) is 12.5. The molecule has 4 nitrogen and oxygen atoms in total. The van der Waals surface area contributed by atoms with E-state index in [0.717, 1.165) is 16.7 Å². The molecule has 2 heterocycles. The highest BCUT2D eigenvalue weighted by Crippen LogP contribution is 2.33. The summed E-state index contributed by atoms with van der Waals surface area (Å²) >= 11 is 0. The number of aromatic nitrogens is 1. The second-order valence-electron chi connectivity index (χ2n) is 6.09. The van der Waals surface area contributed by atoms with Crippen molar-refractivity contribution in [2.24, 2.45) is 0 Å². The maximum absolute atomic E-state index is 13.5. The monoisotopic (exact) mass is 346 g/mol. The van der Waals surface area contributed by atoms with E-state index in [1.54, 1.807) is 30.5 Å². The lowest BCUT2D eigenvalue weighted by Crippen LogP contribution is -2.05. The fraction of sp³-hybridized carbons (Fsp3) is 0.0476. The third-order valence-electron chi connectivity index (χ3n) is 4.38. The van der Waals surface area contributed by atoms with Gasteiger partial charge < -0.3 is 10.2 Å². The third-order valence-corrected chi connectivity index (χ3v) is 4.38. The minimum Gasteiger partial charge on any atom is -0.450 e. The van der Waals surface area contributed by atoms with Gasteiger partial charge in [-0.25, -0.2) is 4.39 Å². The first kappa shape index (κ1) is 16.0. The van der Waals surface area contributed by atoms with Gasteiger partial charge >= 0.3 is 0 Å². The molecule has 0 aliphatic heterocycles. The Kier molecular flexibility index (Phi) is 3.77. The number of hydrogen-bond donors (Lipinski definition) is 1. The summed E-state index contributed by atoms with van der Waals surface area (Å²) in [7, 11) is 0. The van der Waals surface area contributed by atoms with Gasteiger partial charge in [0.05, 0.1) is 5.69 Å². The number of carbonyl (C=O) groups is 1. The molecule has 2 aromatic carbocycles. The minimum atomic E-state index is -0.315. The summed E-state index contributed by atoms with van der Waals surface area (Å²) in [5.74, 6) is -0.534. The van der Waals surface area contributed by atoms with Crippen molar-refractivity contribution in [1.82, 2.24) is 4.98 Å². The number of ketones is 1. The summed E-state index contributed by atoms with van der Waals surface area (Å²) < 4.78 is 19.2. The fourth-order valence-corrected chi connectivity index (χ4v) is 2.96. The van der Waals surface area contributed by atoms with Gasteiger partial charge in [0.1, 0.15) is 11.4 Å². The van der Waals surface area contributed by atoms with Gasteiger partial charge in [-0.3, -0.25) is 9.78 Å². The molecule has 128 valence electrons. The number of fused-ring (bicyclic) bond motifs is 1. The van der Waals surface area contributed by atoms with Crippen LogP contribution in [0.3, 0.4) is 0 Å². The molecular weight excluding hydrogens is 331 g/mol. The number of nitrogens with two attached hydrogens (primary N) is 1. The third kappa shape index (κ3) is 2.63. The molecule has 0 aliphatic rings. The molecular formula is C21H15FN2O2. The number of rotatable bonds is 3. The van der Waals surface area contributed by atoms with Crippen LogP contribution < -0.4 is 5.73 Å². The second kappa shape index (κ2) is 6.11. The van der Waals surface area contributed by atoms with Crippen molar-refractivity contribution >= 4 is 22.4 Å². The second-order valence-corrected chi connectivity index (χ2v) is 6.09. The molecule has 0 bridgehead atoms. The highest BCUT2D eigenvalue weighted by molar-refractivity contribution is 6.15. The molecule has 0 spiro atoms. The quantitative estimate of drug-likeness (QED) is 0.543. The zero-order valence-electron chi connectivity index (χ0n) is 14.0. The van der Waals surface area contributed by atoms with Crippen molar-refractivity contribution < 1.29 is 13.6 Å². The molecule has 0 saturated heterocycles. The van der Waals surface area contributed by atoms with E-state index in [1.807, 2.05) is 19.1 Å². The average molecular weight is 346 g/mol. The lowest BCUT2D eigenvalue weighted by molar-refractivity contribution is 0.101. The molecule has 2 N–H and O–H groups in total. The number of anilines is 1. The molecule has 2 aromatic heterocycles. The molecule has 0 fully saturated rings. The summed E-state index contributed by atoms with van der Waals surface area (Å²) in [6, 6.07) is 13.4. The van der Waals surface area contributed by atoms with Crippen LogP contribution in [0.1, 0.15) is 21.7 Å². The van der Waals surface area contributed by atoms with E-state index in [4.69, 9.17) is 10.2 Å². The number of hydrogen-bond acceptors (Lipinski definition) is 4. The molecule has 4 rings (SSSR count). The average Bonchev–Trinajstić information content (AvgIpc) is 2.98. The van der Waals surface area contributed by atoms with E-state index in [2.05, 4.69) is 4.98 Å². The van der Waals surface area contributed by atoms with Crippen LogP contribution in [0, 0.1) is 12.7 Å². The molecule has 0 amide bonds. The van der Waals surface area contributed by atoms with Crippen LogP contribution in [0.2, 0.25) is 0 Å². The van der Waals surface area contributed by atoms with Crippen molar-refractivity contribution in [2.75, 3.05) is 5.73 Å². The number of aryl methyl sites for hydroxylation is 1. The predicted octanol–water partition coefficient (Wildman–Crippen LogP) is 4.76. The molecule has 4 aromatic rings. The Morgan fingerprint density at radius 3 is 2.69 bits per heavy atom. The molecule has 0 radical (unpaired) electrons. The standard InChI is InChI=1S/C21H15FN2O2/c1-12-7-8-24-11-17(12)20(25)21-19(23)16-6-5-14(10-18(16)26-21)13-3-2-4-15(22)9-13/h2-11H,23H2,1H3. The summed E-state index contributed by atoms with van der Waals surface area (Å²) in [6.45, 7) is 1.83. The van der Waals surface area contributed by atoms with Gasteiger partial charge in [0.25, 0.3) is 0 Å². The predicted molar refractivity (Wildman–Crippen MR) is 98.4 cm³/mol. The minimum absolute atomic E-state index is 0.0903. The SMILES string of the molecule is Cc1ccncc1C(=O)c1oc2cc(-c3cccc(F)c3)ccc2c1N. The van der Waals surface area contributed by atoms with Gasteiger partial charge in [-0.1, -0.05) is 18.2 Å².